The second-order valence-corrected chi connectivity index (χ2v) is 1.19. The number of rotatable bonds is 1. The molecule has 0 saturated carbocycles. The van der Waals surface area contributed by atoms with Gasteiger partial charge in [0.15, 0.2) is 0 Å². The van der Waals surface area contributed by atoms with Crippen molar-refractivity contribution < 1.29 is 10.0 Å². The Morgan fingerprint density at radius 3 is 1.80 bits per heavy atom. The van der Waals surface area contributed by atoms with E-state index in [-0.39, 0.29) is 0 Å². The highest BCUT2D eigenvalue weighted by Crippen LogP contribution is 1.76. The van der Waals surface area contributed by atoms with Crippen LogP contribution >= 0.6 is 9.24 Å². The number of hydrogen-bond donors (Lipinski definition) is 2. The molecule has 5 heavy (non-hydrogen) atoms. The fourth-order valence-corrected chi connectivity index (χ4v) is 0. The monoisotopic (exact) mass is 92.0 g/mol. The summed E-state index contributed by atoms with van der Waals surface area (Å²) >= 11 is 0. The van der Waals surface area contributed by atoms with Gasteiger partial charge in [-0.15, -0.1) is 9.24 Å². The first-order valence-electron chi connectivity index (χ1n) is 1.33. The SMILES string of the molecule is OB(O)CP. The second-order valence-electron chi connectivity index (χ2n) is 0.716. The summed E-state index contributed by atoms with van der Waals surface area (Å²) in [4.78, 5) is 0. The highest BCUT2D eigenvalue weighted by molar-refractivity contribution is 7.20. The van der Waals surface area contributed by atoms with Crippen molar-refractivity contribution in [2.45, 2.75) is 0 Å². The zero-order valence-electron chi connectivity index (χ0n) is 2.76. The molecule has 0 aromatic heterocycles. The molecule has 0 fully saturated rings. The molecule has 1 atom stereocenters. The summed E-state index contributed by atoms with van der Waals surface area (Å²) in [5.74, 6) is 0. The van der Waals surface area contributed by atoms with E-state index in [1.807, 2.05) is 0 Å². The maximum Gasteiger partial charge on any atom is 0.455 e. The van der Waals surface area contributed by atoms with Gasteiger partial charge in [-0.2, -0.15) is 0 Å². The highest BCUT2D eigenvalue weighted by Gasteiger charge is 1.96. The number of hydrogen-bond acceptors (Lipinski definition) is 2. The predicted molar refractivity (Wildman–Crippen MR) is 24.8 cm³/mol. The summed E-state index contributed by atoms with van der Waals surface area (Å²) < 4.78 is 0. The minimum Gasteiger partial charge on any atom is -0.427 e. The van der Waals surface area contributed by atoms with Gasteiger partial charge in [-0.1, -0.05) is 0 Å². The van der Waals surface area contributed by atoms with Crippen LogP contribution in [-0.4, -0.2) is 23.2 Å². The third kappa shape index (κ3) is 4.41. The van der Waals surface area contributed by atoms with Crippen LogP contribution in [0.25, 0.3) is 0 Å². The molecule has 0 amide bonds. The largest absolute Gasteiger partial charge is 0.455 e. The molecule has 0 bridgehead atoms. The van der Waals surface area contributed by atoms with Gasteiger partial charge in [0.25, 0.3) is 0 Å². The van der Waals surface area contributed by atoms with E-state index in [0.29, 0.717) is 6.06 Å². The summed E-state index contributed by atoms with van der Waals surface area (Å²) in [7, 11) is 1.04. The van der Waals surface area contributed by atoms with Crippen LogP contribution in [0.3, 0.4) is 0 Å². The fourth-order valence-electron chi connectivity index (χ4n) is 0. The molecule has 4 heteroatoms. The van der Waals surface area contributed by atoms with Crippen molar-refractivity contribution in [1.29, 1.82) is 0 Å². The van der Waals surface area contributed by atoms with E-state index in [2.05, 4.69) is 9.24 Å². The average molecular weight is 91.8 g/mol. The standard InChI is InChI=1S/CH6BO2P/c3-2(4)1-5/h3-4H,1,5H2. The van der Waals surface area contributed by atoms with Gasteiger partial charge in [-0.25, -0.2) is 0 Å². The molecular formula is CH6BO2P. The molecule has 0 heterocycles. The van der Waals surface area contributed by atoms with Crippen LogP contribution in [0.4, 0.5) is 0 Å². The average Bonchev–Trinajstić information content (AvgIpc) is 1.38. The van der Waals surface area contributed by atoms with Gasteiger partial charge in [0.1, 0.15) is 0 Å². The molecule has 0 saturated heterocycles. The quantitative estimate of drug-likeness (QED) is 0.317. The van der Waals surface area contributed by atoms with Crippen molar-refractivity contribution in [3.63, 3.8) is 0 Å². The van der Waals surface area contributed by atoms with Gasteiger partial charge in [0, 0.05) is 0 Å². The Bertz CT molecular complexity index is 23.6. The summed E-state index contributed by atoms with van der Waals surface area (Å²) in [6, 6.07) is 0.333. The zero-order valence-corrected chi connectivity index (χ0v) is 3.91. The maximum absolute atomic E-state index is 7.90. The molecular weight excluding hydrogens is 85.8 g/mol. The molecule has 0 aliphatic rings. The third-order valence-corrected chi connectivity index (χ3v) is 0.632. The minimum atomic E-state index is -1.15. The first kappa shape index (κ1) is 5.41. The lowest BCUT2D eigenvalue weighted by atomic mass is 9.98. The lowest BCUT2D eigenvalue weighted by Crippen LogP contribution is -2.11. The fraction of sp³-hybridized carbons (Fsp3) is 1.00. The van der Waals surface area contributed by atoms with Crippen molar-refractivity contribution in [3.8, 4) is 0 Å². The van der Waals surface area contributed by atoms with Crippen LogP contribution in [0.15, 0.2) is 0 Å². The van der Waals surface area contributed by atoms with E-state index in [4.69, 9.17) is 10.0 Å². The van der Waals surface area contributed by atoms with Crippen LogP contribution in [-0.2, 0) is 0 Å². The summed E-state index contributed by atoms with van der Waals surface area (Å²) in [5.41, 5.74) is 0. The molecule has 0 aliphatic carbocycles. The van der Waals surface area contributed by atoms with E-state index in [9.17, 15) is 0 Å². The Balaban J connectivity index is 2.54. The predicted octanol–water partition coefficient (Wildman–Crippen LogP) is -1.13. The van der Waals surface area contributed by atoms with Crippen molar-refractivity contribution >= 4 is 16.4 Å². The van der Waals surface area contributed by atoms with Crippen molar-refractivity contribution in [3.05, 3.63) is 0 Å². The molecule has 0 aromatic carbocycles. The van der Waals surface area contributed by atoms with E-state index in [1.54, 1.807) is 0 Å². The topological polar surface area (TPSA) is 40.5 Å². The van der Waals surface area contributed by atoms with E-state index in [0.717, 1.165) is 0 Å². The van der Waals surface area contributed by atoms with E-state index in [1.165, 1.54) is 0 Å². The van der Waals surface area contributed by atoms with Gasteiger partial charge in [0.05, 0.1) is 0 Å². The molecule has 1 unspecified atom stereocenters. The minimum absolute atomic E-state index is 0.333. The van der Waals surface area contributed by atoms with Crippen LogP contribution in [0, 0.1) is 0 Å². The van der Waals surface area contributed by atoms with Gasteiger partial charge in [0.2, 0.25) is 0 Å². The molecule has 2 nitrogen and oxygen atoms in total. The van der Waals surface area contributed by atoms with Gasteiger partial charge in [-0.05, 0) is 6.06 Å². The molecule has 0 spiro atoms. The molecule has 0 aliphatic heterocycles. The van der Waals surface area contributed by atoms with E-state index >= 15 is 0 Å². The van der Waals surface area contributed by atoms with Crippen molar-refractivity contribution in [2.24, 2.45) is 0 Å². The molecule has 30 valence electrons. The molecule has 0 aromatic rings. The van der Waals surface area contributed by atoms with E-state index < -0.39 is 7.12 Å². The van der Waals surface area contributed by atoms with Gasteiger partial charge >= 0.3 is 7.12 Å². The van der Waals surface area contributed by atoms with Crippen molar-refractivity contribution in [2.75, 3.05) is 6.06 Å². The Morgan fingerprint density at radius 2 is 1.80 bits per heavy atom. The third-order valence-electron chi connectivity index (χ3n) is 0.211. The Hall–Kier alpha value is 0.415. The Morgan fingerprint density at radius 1 is 1.60 bits per heavy atom. The van der Waals surface area contributed by atoms with Crippen LogP contribution in [0.5, 0.6) is 0 Å². The maximum atomic E-state index is 7.90. The zero-order chi connectivity index (χ0) is 4.28. The summed E-state index contributed by atoms with van der Waals surface area (Å²) in [6.45, 7) is 0. The molecule has 0 radical (unpaired) electrons. The van der Waals surface area contributed by atoms with Gasteiger partial charge in [-0.3, -0.25) is 0 Å². The Labute approximate surface area is 33.6 Å². The first-order valence-corrected chi connectivity index (χ1v) is 2.15. The summed E-state index contributed by atoms with van der Waals surface area (Å²) in [6.07, 6.45) is 0. The molecule has 0 rings (SSSR count). The van der Waals surface area contributed by atoms with Crippen LogP contribution < -0.4 is 0 Å². The summed E-state index contributed by atoms with van der Waals surface area (Å²) in [5, 5.41) is 15.8. The lowest BCUT2D eigenvalue weighted by molar-refractivity contribution is 0.415. The molecule has 2 N–H and O–H groups in total. The Kier molecular flexibility index (Phi) is 2.86. The van der Waals surface area contributed by atoms with Gasteiger partial charge < -0.3 is 10.0 Å². The second kappa shape index (κ2) is 2.64. The van der Waals surface area contributed by atoms with Crippen LogP contribution in [0.2, 0.25) is 0 Å². The van der Waals surface area contributed by atoms with Crippen LogP contribution in [0.1, 0.15) is 0 Å². The van der Waals surface area contributed by atoms with Crippen molar-refractivity contribution in [1.82, 2.24) is 0 Å². The normalized spacial score (nSPS) is 7.80. The lowest BCUT2D eigenvalue weighted by Gasteiger charge is -1.81. The highest BCUT2D eigenvalue weighted by atomic mass is 31.0. The first-order chi connectivity index (χ1) is 2.27. The smallest absolute Gasteiger partial charge is 0.427 e.